The summed E-state index contributed by atoms with van der Waals surface area (Å²) in [6.07, 6.45) is 10.4. The van der Waals surface area contributed by atoms with Crippen LogP contribution in [0.15, 0.2) is 30.5 Å². The Morgan fingerprint density at radius 3 is 2.56 bits per heavy atom. The SMILES string of the molecule is CCCCCCCCn1ccc2c(C)cccc21. The molecule has 0 fully saturated rings. The van der Waals surface area contributed by atoms with Crippen molar-refractivity contribution in [1.29, 1.82) is 0 Å². The van der Waals surface area contributed by atoms with Crippen LogP contribution in [-0.4, -0.2) is 4.57 Å². The predicted molar refractivity (Wildman–Crippen MR) is 80.1 cm³/mol. The first-order valence-electron chi connectivity index (χ1n) is 7.37. The molecule has 1 aromatic heterocycles. The molecule has 0 aliphatic rings. The minimum absolute atomic E-state index is 1.17. The molecule has 1 nitrogen and oxygen atoms in total. The third-order valence-corrected chi connectivity index (χ3v) is 3.78. The van der Waals surface area contributed by atoms with Crippen molar-refractivity contribution in [2.45, 2.75) is 58.9 Å². The number of rotatable bonds is 7. The van der Waals surface area contributed by atoms with E-state index in [1.54, 1.807) is 0 Å². The molecule has 1 aromatic carbocycles. The van der Waals surface area contributed by atoms with Crippen molar-refractivity contribution in [2.24, 2.45) is 0 Å². The molecule has 2 aromatic rings. The molecule has 98 valence electrons. The first-order chi connectivity index (χ1) is 8.83. The normalized spacial score (nSPS) is 11.2. The molecule has 0 atom stereocenters. The molecule has 0 aliphatic carbocycles. The van der Waals surface area contributed by atoms with Gasteiger partial charge in [-0.05, 0) is 31.0 Å². The second-order valence-corrected chi connectivity index (χ2v) is 5.28. The average Bonchev–Trinajstić information content (AvgIpc) is 2.79. The van der Waals surface area contributed by atoms with Gasteiger partial charge < -0.3 is 4.57 Å². The molecule has 0 aliphatic heterocycles. The number of aryl methyl sites for hydroxylation is 2. The van der Waals surface area contributed by atoms with Gasteiger partial charge in [-0.1, -0.05) is 51.2 Å². The zero-order chi connectivity index (χ0) is 12.8. The van der Waals surface area contributed by atoms with E-state index in [1.165, 1.54) is 61.5 Å². The Morgan fingerprint density at radius 2 is 1.72 bits per heavy atom. The molecule has 0 N–H and O–H groups in total. The number of hydrogen-bond donors (Lipinski definition) is 0. The number of benzene rings is 1. The van der Waals surface area contributed by atoms with Gasteiger partial charge in [0, 0.05) is 23.6 Å². The summed E-state index contributed by atoms with van der Waals surface area (Å²) in [5.74, 6) is 0. The summed E-state index contributed by atoms with van der Waals surface area (Å²) in [7, 11) is 0. The zero-order valence-electron chi connectivity index (χ0n) is 11.8. The summed E-state index contributed by atoms with van der Waals surface area (Å²) in [5.41, 5.74) is 2.78. The number of nitrogens with zero attached hydrogens (tertiary/aromatic N) is 1. The van der Waals surface area contributed by atoms with Crippen LogP contribution in [0.25, 0.3) is 10.9 Å². The lowest BCUT2D eigenvalue weighted by atomic mass is 10.1. The van der Waals surface area contributed by atoms with Crippen LogP contribution in [0.5, 0.6) is 0 Å². The quantitative estimate of drug-likeness (QED) is 0.581. The molecule has 1 heteroatoms. The van der Waals surface area contributed by atoms with Crippen molar-refractivity contribution < 1.29 is 0 Å². The summed E-state index contributed by atoms with van der Waals surface area (Å²) < 4.78 is 2.40. The van der Waals surface area contributed by atoms with Crippen LogP contribution in [0.3, 0.4) is 0 Å². The fourth-order valence-corrected chi connectivity index (χ4v) is 2.63. The highest BCUT2D eigenvalue weighted by atomic mass is 14.9. The molecule has 18 heavy (non-hydrogen) atoms. The first-order valence-corrected chi connectivity index (χ1v) is 7.37. The lowest BCUT2D eigenvalue weighted by molar-refractivity contribution is 0.565. The van der Waals surface area contributed by atoms with Crippen molar-refractivity contribution in [2.75, 3.05) is 0 Å². The number of unbranched alkanes of at least 4 members (excludes halogenated alkanes) is 5. The molecule has 2 rings (SSSR count). The Morgan fingerprint density at radius 1 is 0.944 bits per heavy atom. The summed E-state index contributed by atoms with van der Waals surface area (Å²) in [5, 5.41) is 1.41. The fraction of sp³-hybridized carbons (Fsp3) is 0.529. The van der Waals surface area contributed by atoms with Gasteiger partial charge in [-0.2, -0.15) is 0 Å². The van der Waals surface area contributed by atoms with Crippen LogP contribution in [0.2, 0.25) is 0 Å². The molecule has 0 amide bonds. The molecular formula is C17H25N. The topological polar surface area (TPSA) is 4.93 Å². The summed E-state index contributed by atoms with van der Waals surface area (Å²) in [4.78, 5) is 0. The van der Waals surface area contributed by atoms with Crippen molar-refractivity contribution >= 4 is 10.9 Å². The van der Waals surface area contributed by atoms with E-state index in [0.29, 0.717) is 0 Å². The van der Waals surface area contributed by atoms with Crippen molar-refractivity contribution in [3.8, 4) is 0 Å². The molecule has 0 spiro atoms. The van der Waals surface area contributed by atoms with Gasteiger partial charge in [0.1, 0.15) is 0 Å². The van der Waals surface area contributed by atoms with E-state index >= 15 is 0 Å². The fourth-order valence-electron chi connectivity index (χ4n) is 2.63. The van der Waals surface area contributed by atoms with Gasteiger partial charge in [0.2, 0.25) is 0 Å². The summed E-state index contributed by atoms with van der Waals surface area (Å²) in [6, 6.07) is 8.84. The Kier molecular flexibility index (Phi) is 4.86. The van der Waals surface area contributed by atoms with Gasteiger partial charge in [-0.25, -0.2) is 0 Å². The van der Waals surface area contributed by atoms with Crippen LogP contribution >= 0.6 is 0 Å². The van der Waals surface area contributed by atoms with E-state index in [9.17, 15) is 0 Å². The monoisotopic (exact) mass is 243 g/mol. The maximum atomic E-state index is 2.40. The van der Waals surface area contributed by atoms with Gasteiger partial charge >= 0.3 is 0 Å². The van der Waals surface area contributed by atoms with Gasteiger partial charge in [0.25, 0.3) is 0 Å². The van der Waals surface area contributed by atoms with Crippen LogP contribution in [0.1, 0.15) is 51.0 Å². The van der Waals surface area contributed by atoms with E-state index < -0.39 is 0 Å². The lowest BCUT2D eigenvalue weighted by Crippen LogP contribution is -1.96. The van der Waals surface area contributed by atoms with Crippen molar-refractivity contribution in [3.05, 3.63) is 36.0 Å². The predicted octanol–water partition coefficient (Wildman–Crippen LogP) is 5.31. The summed E-state index contributed by atoms with van der Waals surface area (Å²) in [6.45, 7) is 5.63. The van der Waals surface area contributed by atoms with E-state index in [1.807, 2.05) is 0 Å². The molecule has 0 radical (unpaired) electrons. The second kappa shape index (κ2) is 6.63. The standard InChI is InChI=1S/C17H25N/c1-3-4-5-6-7-8-13-18-14-12-16-15(2)10-9-11-17(16)18/h9-12,14H,3-8,13H2,1-2H3. The summed E-state index contributed by atoms with van der Waals surface area (Å²) >= 11 is 0. The van der Waals surface area contributed by atoms with Crippen molar-refractivity contribution in [1.82, 2.24) is 4.57 Å². The Bertz CT molecular complexity index is 481. The highest BCUT2D eigenvalue weighted by Crippen LogP contribution is 2.20. The average molecular weight is 243 g/mol. The third-order valence-electron chi connectivity index (χ3n) is 3.78. The molecule has 0 unspecified atom stereocenters. The Labute approximate surface area is 111 Å². The molecule has 0 bridgehead atoms. The highest BCUT2D eigenvalue weighted by molar-refractivity contribution is 5.83. The smallest absolute Gasteiger partial charge is 0.0482 e. The molecular weight excluding hydrogens is 218 g/mol. The first kappa shape index (κ1) is 13.2. The number of aromatic nitrogens is 1. The third kappa shape index (κ3) is 3.16. The van der Waals surface area contributed by atoms with E-state index in [-0.39, 0.29) is 0 Å². The van der Waals surface area contributed by atoms with Gasteiger partial charge in [0.05, 0.1) is 0 Å². The van der Waals surface area contributed by atoms with Crippen LogP contribution in [0, 0.1) is 6.92 Å². The van der Waals surface area contributed by atoms with E-state index in [2.05, 4.69) is 48.9 Å². The highest BCUT2D eigenvalue weighted by Gasteiger charge is 2.02. The minimum atomic E-state index is 1.17. The Balaban J connectivity index is 1.86. The maximum Gasteiger partial charge on any atom is 0.0482 e. The lowest BCUT2D eigenvalue weighted by Gasteiger charge is -2.06. The minimum Gasteiger partial charge on any atom is -0.347 e. The van der Waals surface area contributed by atoms with Gasteiger partial charge in [0.15, 0.2) is 0 Å². The second-order valence-electron chi connectivity index (χ2n) is 5.28. The number of fused-ring (bicyclic) bond motifs is 1. The molecule has 1 heterocycles. The number of hydrogen-bond acceptors (Lipinski definition) is 0. The van der Waals surface area contributed by atoms with Crippen LogP contribution < -0.4 is 0 Å². The van der Waals surface area contributed by atoms with E-state index in [4.69, 9.17) is 0 Å². The Hall–Kier alpha value is -1.24. The largest absolute Gasteiger partial charge is 0.347 e. The maximum absolute atomic E-state index is 2.40. The van der Waals surface area contributed by atoms with Crippen LogP contribution in [0.4, 0.5) is 0 Å². The van der Waals surface area contributed by atoms with Gasteiger partial charge in [-0.15, -0.1) is 0 Å². The van der Waals surface area contributed by atoms with E-state index in [0.717, 1.165) is 0 Å². The molecule has 0 saturated carbocycles. The molecule has 0 saturated heterocycles. The van der Waals surface area contributed by atoms with Gasteiger partial charge in [-0.3, -0.25) is 0 Å². The van der Waals surface area contributed by atoms with Crippen molar-refractivity contribution in [3.63, 3.8) is 0 Å². The van der Waals surface area contributed by atoms with Crippen LogP contribution in [-0.2, 0) is 6.54 Å². The zero-order valence-corrected chi connectivity index (χ0v) is 11.8.